The summed E-state index contributed by atoms with van der Waals surface area (Å²) in [5, 5.41) is 11.3. The van der Waals surface area contributed by atoms with Gasteiger partial charge in [0.25, 0.3) is 10.0 Å². The van der Waals surface area contributed by atoms with E-state index < -0.39 is 34.1 Å². The molecule has 0 unspecified atom stereocenters. The Morgan fingerprint density at radius 3 is 2.61 bits per heavy atom. The Morgan fingerprint density at radius 1 is 1.07 bits per heavy atom. The second kappa shape index (κ2) is 11.4. The molecule has 10 nitrogen and oxygen atoms in total. The molecule has 1 N–H and O–H groups in total. The number of hydrogen-bond donors (Lipinski definition) is 1. The summed E-state index contributed by atoms with van der Waals surface area (Å²) < 4.78 is 68.6. The first-order valence-electron chi connectivity index (χ1n) is 13.7. The fourth-order valence-electron chi connectivity index (χ4n) is 5.93. The quantitative estimate of drug-likeness (QED) is 0.436. The van der Waals surface area contributed by atoms with Crippen LogP contribution in [0.15, 0.2) is 53.8 Å². The SMILES string of the molecule is O=C1NC=CN(S(=O)(=O)c2ccc(Cl)c(Cl)c2)[C@@H]1Cc1cn([C@@H]2CCCc3cc4c(cc32)CCN(C(=O)C(F)(F)F)C4)nn1. The monoisotopic (exact) mass is 668 g/mol. The molecule has 2 atom stereocenters. The van der Waals surface area contributed by atoms with Crippen LogP contribution in [-0.2, 0) is 45.4 Å². The number of nitrogens with one attached hydrogen (secondary N) is 1. The summed E-state index contributed by atoms with van der Waals surface area (Å²) in [6.45, 7) is -0.125. The molecule has 1 aromatic heterocycles. The molecule has 2 aromatic carbocycles. The molecule has 0 bridgehead atoms. The van der Waals surface area contributed by atoms with E-state index in [-0.39, 0.29) is 40.5 Å². The minimum absolute atomic E-state index is 0.0260. The maximum Gasteiger partial charge on any atom is 0.471 e. The molecule has 232 valence electrons. The number of nitrogens with zero attached hydrogens (tertiary/aromatic N) is 5. The third-order valence-corrected chi connectivity index (χ3v) is 10.6. The molecule has 0 fully saturated rings. The van der Waals surface area contributed by atoms with Crippen LogP contribution in [-0.4, -0.2) is 63.2 Å². The summed E-state index contributed by atoms with van der Waals surface area (Å²) in [6.07, 6.45) is 1.75. The smallest absolute Gasteiger partial charge is 0.330 e. The highest BCUT2D eigenvalue weighted by molar-refractivity contribution is 7.89. The van der Waals surface area contributed by atoms with Crippen molar-refractivity contribution in [3.05, 3.63) is 86.9 Å². The van der Waals surface area contributed by atoms with Gasteiger partial charge in [-0.2, -0.15) is 13.2 Å². The number of carbonyl (C=O) groups is 2. The van der Waals surface area contributed by atoms with Crippen LogP contribution in [0.5, 0.6) is 0 Å². The number of fused-ring (bicyclic) bond motifs is 2. The Kier molecular flexibility index (Phi) is 7.87. The van der Waals surface area contributed by atoms with Crippen molar-refractivity contribution >= 4 is 45.0 Å². The van der Waals surface area contributed by atoms with Crippen molar-refractivity contribution in [2.75, 3.05) is 6.54 Å². The Hall–Kier alpha value is -3.62. The topological polar surface area (TPSA) is 118 Å². The largest absolute Gasteiger partial charge is 0.471 e. The lowest BCUT2D eigenvalue weighted by molar-refractivity contribution is -0.186. The van der Waals surface area contributed by atoms with E-state index in [1.54, 1.807) is 10.9 Å². The highest BCUT2D eigenvalue weighted by atomic mass is 35.5. The molecule has 1 aliphatic carbocycles. The van der Waals surface area contributed by atoms with Gasteiger partial charge in [-0.25, -0.2) is 13.1 Å². The summed E-state index contributed by atoms with van der Waals surface area (Å²) in [7, 11) is -4.18. The van der Waals surface area contributed by atoms with Crippen LogP contribution < -0.4 is 5.32 Å². The van der Waals surface area contributed by atoms with Crippen molar-refractivity contribution < 1.29 is 31.2 Å². The van der Waals surface area contributed by atoms with Crippen LogP contribution in [0.2, 0.25) is 10.0 Å². The van der Waals surface area contributed by atoms with Gasteiger partial charge in [0.1, 0.15) is 6.04 Å². The molecule has 0 saturated heterocycles. The fraction of sp³-hybridized carbons (Fsp3) is 0.357. The lowest BCUT2D eigenvalue weighted by Crippen LogP contribution is -2.50. The fourth-order valence-corrected chi connectivity index (χ4v) is 7.77. The highest BCUT2D eigenvalue weighted by Crippen LogP contribution is 2.37. The van der Waals surface area contributed by atoms with Gasteiger partial charge < -0.3 is 10.2 Å². The van der Waals surface area contributed by atoms with Crippen molar-refractivity contribution in [3.63, 3.8) is 0 Å². The van der Waals surface area contributed by atoms with Crippen molar-refractivity contribution in [3.8, 4) is 0 Å². The lowest BCUT2D eigenvalue weighted by Gasteiger charge is -2.33. The average molecular weight is 670 g/mol. The molecular formula is C28H25Cl2F3N6O4S. The average Bonchev–Trinajstić information content (AvgIpc) is 3.45. The standard InChI is InChI=1S/C28H25Cl2F3N6O4S/c29-22-5-4-20(13-23(22)30)44(42,43)39-9-7-34-26(40)25(39)12-19-15-38(36-35-19)24-3-1-2-17-10-18-14-37(27(41)28(31,32)33)8-6-16(18)11-21(17)24/h4-5,7,9-11,13,15,24-25H,1-3,6,8,12,14H2,(H,34,40)/t24-,25-/m1/s1. The van der Waals surface area contributed by atoms with Gasteiger partial charge in [-0.1, -0.05) is 40.5 Å². The van der Waals surface area contributed by atoms with E-state index in [1.165, 1.54) is 30.6 Å². The van der Waals surface area contributed by atoms with E-state index in [2.05, 4.69) is 15.6 Å². The molecule has 0 saturated carbocycles. The third kappa shape index (κ3) is 5.66. The molecule has 0 radical (unpaired) electrons. The van der Waals surface area contributed by atoms with Gasteiger partial charge >= 0.3 is 12.1 Å². The zero-order chi connectivity index (χ0) is 31.4. The first kappa shape index (κ1) is 30.4. The molecule has 3 heterocycles. The second-order valence-electron chi connectivity index (χ2n) is 10.8. The summed E-state index contributed by atoms with van der Waals surface area (Å²) in [5.41, 5.74) is 3.92. The number of rotatable bonds is 5. The van der Waals surface area contributed by atoms with Crippen LogP contribution in [0.1, 0.15) is 46.8 Å². The maximum atomic E-state index is 13.5. The van der Waals surface area contributed by atoms with E-state index in [4.69, 9.17) is 23.2 Å². The van der Waals surface area contributed by atoms with Gasteiger partial charge in [0.2, 0.25) is 5.91 Å². The third-order valence-electron chi connectivity index (χ3n) is 8.09. The number of aromatic nitrogens is 3. The predicted octanol–water partition coefficient (Wildman–Crippen LogP) is 4.16. The Balaban J connectivity index is 1.24. The van der Waals surface area contributed by atoms with Crippen molar-refractivity contribution in [2.24, 2.45) is 0 Å². The van der Waals surface area contributed by atoms with E-state index >= 15 is 0 Å². The van der Waals surface area contributed by atoms with E-state index in [0.717, 1.165) is 45.2 Å². The zero-order valence-corrected chi connectivity index (χ0v) is 25.2. The summed E-state index contributed by atoms with van der Waals surface area (Å²) in [5.74, 6) is -2.38. The minimum atomic E-state index is -4.92. The highest BCUT2D eigenvalue weighted by Gasteiger charge is 2.43. The van der Waals surface area contributed by atoms with Crippen molar-refractivity contribution in [2.45, 2.75) is 61.8 Å². The normalized spacial score (nSPS) is 20.2. The van der Waals surface area contributed by atoms with E-state index in [0.29, 0.717) is 17.7 Å². The molecule has 16 heteroatoms. The number of benzene rings is 2. The Bertz CT molecular complexity index is 1800. The first-order chi connectivity index (χ1) is 20.8. The molecule has 6 rings (SSSR count). The molecule has 2 aliphatic heterocycles. The molecule has 3 aliphatic rings. The Labute approximate surface area is 260 Å². The van der Waals surface area contributed by atoms with Gasteiger partial charge in [0, 0.05) is 38.1 Å². The molecule has 0 spiro atoms. The van der Waals surface area contributed by atoms with Crippen LogP contribution >= 0.6 is 23.2 Å². The number of hydrogen-bond acceptors (Lipinski definition) is 6. The van der Waals surface area contributed by atoms with Gasteiger partial charge in [-0.05, 0) is 66.1 Å². The van der Waals surface area contributed by atoms with Crippen LogP contribution in [0.25, 0.3) is 0 Å². The molecular weight excluding hydrogens is 644 g/mol. The molecule has 44 heavy (non-hydrogen) atoms. The number of amides is 2. The van der Waals surface area contributed by atoms with Gasteiger partial charge in [-0.3, -0.25) is 13.9 Å². The van der Waals surface area contributed by atoms with E-state index in [9.17, 15) is 31.2 Å². The van der Waals surface area contributed by atoms with Crippen LogP contribution in [0.3, 0.4) is 0 Å². The van der Waals surface area contributed by atoms with Gasteiger partial charge in [0.15, 0.2) is 0 Å². The van der Waals surface area contributed by atoms with Crippen LogP contribution in [0.4, 0.5) is 13.2 Å². The van der Waals surface area contributed by atoms with Crippen LogP contribution in [0, 0.1) is 0 Å². The predicted molar refractivity (Wildman–Crippen MR) is 153 cm³/mol. The summed E-state index contributed by atoms with van der Waals surface area (Å²) in [4.78, 5) is 25.4. The number of alkyl halides is 3. The first-order valence-corrected chi connectivity index (χ1v) is 15.9. The Morgan fingerprint density at radius 2 is 1.86 bits per heavy atom. The maximum absolute atomic E-state index is 13.5. The minimum Gasteiger partial charge on any atom is -0.330 e. The van der Waals surface area contributed by atoms with Crippen molar-refractivity contribution in [1.29, 1.82) is 0 Å². The number of sulfonamides is 1. The summed E-state index contributed by atoms with van der Waals surface area (Å²) >= 11 is 12.0. The summed E-state index contributed by atoms with van der Waals surface area (Å²) in [6, 6.07) is 6.39. The number of halogens is 5. The van der Waals surface area contributed by atoms with Gasteiger partial charge in [0.05, 0.1) is 26.7 Å². The number of aryl methyl sites for hydroxylation is 1. The lowest BCUT2D eigenvalue weighted by atomic mass is 9.83. The molecule has 2 amide bonds. The zero-order valence-electron chi connectivity index (χ0n) is 22.9. The van der Waals surface area contributed by atoms with E-state index in [1.807, 2.05) is 12.1 Å². The number of carbonyl (C=O) groups excluding carboxylic acids is 2. The molecule has 3 aromatic rings. The second-order valence-corrected chi connectivity index (χ2v) is 13.5. The van der Waals surface area contributed by atoms with Gasteiger partial charge in [-0.15, -0.1) is 5.10 Å². The van der Waals surface area contributed by atoms with Crippen molar-refractivity contribution in [1.82, 2.24) is 29.5 Å².